The molecule has 0 aliphatic heterocycles. The van der Waals surface area contributed by atoms with Crippen molar-refractivity contribution in [3.63, 3.8) is 0 Å². The largest absolute Gasteiger partial charge is 0.481 e. The van der Waals surface area contributed by atoms with Crippen LogP contribution in [-0.2, 0) is 4.79 Å². The molecule has 0 aliphatic carbocycles. The summed E-state index contributed by atoms with van der Waals surface area (Å²) in [4.78, 5) is 10.3. The number of unbranched alkanes of at least 4 members (excludes halogenated alkanes) is 1. The summed E-state index contributed by atoms with van der Waals surface area (Å²) in [6.07, 6.45) is 4.94. The normalized spacial score (nSPS) is 16.8. The predicted octanol–water partition coefficient (Wildman–Crippen LogP) is 4.28. The fraction of sp³-hybridized carbons (Fsp3) is 0.917. The minimum Gasteiger partial charge on any atom is -0.481 e. The highest BCUT2D eigenvalue weighted by molar-refractivity contribution is 6.20. The fourth-order valence-electron chi connectivity index (χ4n) is 1.73. The molecule has 0 aromatic heterocycles. The first-order chi connectivity index (χ1) is 7.43. The maximum absolute atomic E-state index is 10.3. The van der Waals surface area contributed by atoms with Crippen LogP contribution in [0, 0.1) is 5.92 Å². The zero-order valence-corrected chi connectivity index (χ0v) is 11.6. The molecule has 0 amide bonds. The summed E-state index contributed by atoms with van der Waals surface area (Å²) >= 11 is 12.0. The van der Waals surface area contributed by atoms with Gasteiger partial charge >= 0.3 is 5.97 Å². The Labute approximate surface area is 108 Å². The van der Waals surface area contributed by atoms with E-state index >= 15 is 0 Å². The van der Waals surface area contributed by atoms with Gasteiger partial charge < -0.3 is 5.11 Å². The van der Waals surface area contributed by atoms with Crippen LogP contribution < -0.4 is 0 Å². The summed E-state index contributed by atoms with van der Waals surface area (Å²) in [7, 11) is 0. The number of hydrogen-bond donors (Lipinski definition) is 1. The molecule has 0 aromatic rings. The van der Waals surface area contributed by atoms with E-state index in [-0.39, 0.29) is 17.2 Å². The molecule has 0 radical (unpaired) electrons. The van der Waals surface area contributed by atoms with Gasteiger partial charge in [-0.25, -0.2) is 0 Å². The third kappa shape index (κ3) is 9.29. The summed E-state index contributed by atoms with van der Waals surface area (Å²) in [6, 6.07) is 0. The second-order valence-corrected chi connectivity index (χ2v) is 5.87. The molecule has 3 atom stereocenters. The Morgan fingerprint density at radius 2 is 1.75 bits per heavy atom. The van der Waals surface area contributed by atoms with Crippen molar-refractivity contribution >= 4 is 29.2 Å². The zero-order chi connectivity index (χ0) is 12.6. The predicted molar refractivity (Wildman–Crippen MR) is 69.5 cm³/mol. The van der Waals surface area contributed by atoms with Crippen molar-refractivity contribution in [2.45, 2.75) is 63.1 Å². The average Bonchev–Trinajstić information content (AvgIpc) is 2.15. The number of carbonyl (C=O) groups is 1. The van der Waals surface area contributed by atoms with Crippen molar-refractivity contribution in [3.05, 3.63) is 0 Å². The van der Waals surface area contributed by atoms with E-state index in [4.69, 9.17) is 28.3 Å². The van der Waals surface area contributed by atoms with Crippen molar-refractivity contribution in [2.24, 2.45) is 5.92 Å². The molecule has 4 heteroatoms. The Kier molecular flexibility index (Phi) is 9.15. The fourth-order valence-corrected chi connectivity index (χ4v) is 2.11. The van der Waals surface area contributed by atoms with E-state index in [1.54, 1.807) is 0 Å². The molecule has 2 nitrogen and oxygen atoms in total. The summed E-state index contributed by atoms with van der Waals surface area (Å²) in [5.41, 5.74) is 0. The Morgan fingerprint density at radius 3 is 2.19 bits per heavy atom. The molecule has 1 N–H and O–H groups in total. The van der Waals surface area contributed by atoms with E-state index in [0.29, 0.717) is 5.92 Å². The van der Waals surface area contributed by atoms with Crippen molar-refractivity contribution in [3.8, 4) is 0 Å². The van der Waals surface area contributed by atoms with Gasteiger partial charge in [0.05, 0.1) is 0 Å². The average molecular weight is 269 g/mol. The molecule has 0 saturated carbocycles. The van der Waals surface area contributed by atoms with E-state index in [9.17, 15) is 4.79 Å². The minimum atomic E-state index is -0.718. The van der Waals surface area contributed by atoms with Crippen LogP contribution in [0.2, 0.25) is 0 Å². The lowest BCUT2D eigenvalue weighted by Crippen LogP contribution is -2.13. The smallest absolute Gasteiger partial charge is 0.303 e. The molecule has 16 heavy (non-hydrogen) atoms. The molecule has 0 saturated heterocycles. The topological polar surface area (TPSA) is 37.3 Å². The minimum absolute atomic E-state index is 0.139. The monoisotopic (exact) mass is 268 g/mol. The number of carboxylic acids is 1. The second-order valence-electron chi connectivity index (χ2n) is 4.44. The van der Waals surface area contributed by atoms with Crippen LogP contribution in [0.5, 0.6) is 0 Å². The summed E-state index contributed by atoms with van der Waals surface area (Å²) in [5, 5.41) is 8.85. The molecule has 0 rings (SSSR count). The summed E-state index contributed by atoms with van der Waals surface area (Å²) in [5.74, 6) is -0.262. The van der Waals surface area contributed by atoms with Gasteiger partial charge in [-0.05, 0) is 45.4 Å². The number of carboxylic acid groups (broad SMARTS) is 1. The Bertz CT molecular complexity index is 193. The quantitative estimate of drug-likeness (QED) is 0.501. The molecule has 96 valence electrons. The van der Waals surface area contributed by atoms with Gasteiger partial charge in [0.2, 0.25) is 0 Å². The van der Waals surface area contributed by atoms with Crippen molar-refractivity contribution < 1.29 is 9.90 Å². The standard InChI is InChI=1S/C12H22Cl2O2/c1-9(13)7-8-11(10(2)14)5-3-4-6-12(15)16/h9-11H,3-8H2,1-2H3,(H,15,16). The molecule has 0 aromatic carbocycles. The first-order valence-electron chi connectivity index (χ1n) is 5.93. The van der Waals surface area contributed by atoms with Crippen molar-refractivity contribution in [2.75, 3.05) is 0 Å². The van der Waals surface area contributed by atoms with Crippen LogP contribution >= 0.6 is 23.2 Å². The molecule has 0 bridgehead atoms. The molecule has 0 spiro atoms. The molecule has 0 fully saturated rings. The third-order valence-corrected chi connectivity index (χ3v) is 3.37. The highest BCUT2D eigenvalue weighted by atomic mass is 35.5. The maximum atomic E-state index is 10.3. The third-order valence-electron chi connectivity index (χ3n) is 2.80. The molecular weight excluding hydrogens is 247 g/mol. The van der Waals surface area contributed by atoms with E-state index in [0.717, 1.165) is 32.1 Å². The lowest BCUT2D eigenvalue weighted by Gasteiger charge is -2.19. The van der Waals surface area contributed by atoms with Crippen LogP contribution in [0.1, 0.15) is 52.4 Å². The number of aliphatic carboxylic acids is 1. The first kappa shape index (κ1) is 16.1. The van der Waals surface area contributed by atoms with Gasteiger partial charge in [-0.1, -0.05) is 6.42 Å². The lowest BCUT2D eigenvalue weighted by molar-refractivity contribution is -0.137. The lowest BCUT2D eigenvalue weighted by atomic mass is 9.93. The number of halogens is 2. The first-order valence-corrected chi connectivity index (χ1v) is 6.80. The number of hydrogen-bond acceptors (Lipinski definition) is 1. The van der Waals surface area contributed by atoms with Gasteiger partial charge in [0.25, 0.3) is 0 Å². The van der Waals surface area contributed by atoms with E-state index in [1.807, 2.05) is 13.8 Å². The number of rotatable bonds is 9. The Balaban J connectivity index is 3.72. The maximum Gasteiger partial charge on any atom is 0.303 e. The summed E-state index contributed by atoms with van der Waals surface area (Å²) in [6.45, 7) is 3.99. The SMILES string of the molecule is CC(Cl)CCC(CCCCC(=O)O)C(C)Cl. The van der Waals surface area contributed by atoms with Gasteiger partial charge in [-0.2, -0.15) is 0 Å². The highest BCUT2D eigenvalue weighted by Gasteiger charge is 2.15. The highest BCUT2D eigenvalue weighted by Crippen LogP contribution is 2.24. The van der Waals surface area contributed by atoms with Crippen LogP contribution in [0.25, 0.3) is 0 Å². The summed E-state index contributed by atoms with van der Waals surface area (Å²) < 4.78 is 0. The molecule has 3 unspecified atom stereocenters. The second kappa shape index (κ2) is 9.12. The Morgan fingerprint density at radius 1 is 1.12 bits per heavy atom. The molecular formula is C12H22Cl2O2. The van der Waals surface area contributed by atoms with Crippen molar-refractivity contribution in [1.29, 1.82) is 0 Å². The van der Waals surface area contributed by atoms with E-state index in [1.165, 1.54) is 0 Å². The van der Waals surface area contributed by atoms with Gasteiger partial charge in [-0.15, -0.1) is 23.2 Å². The number of alkyl halides is 2. The van der Waals surface area contributed by atoms with Crippen LogP contribution in [-0.4, -0.2) is 21.8 Å². The van der Waals surface area contributed by atoms with E-state index in [2.05, 4.69) is 0 Å². The van der Waals surface area contributed by atoms with Crippen molar-refractivity contribution in [1.82, 2.24) is 0 Å². The van der Waals surface area contributed by atoms with Gasteiger partial charge in [0.1, 0.15) is 0 Å². The zero-order valence-electron chi connectivity index (χ0n) is 10.1. The molecule has 0 aliphatic rings. The van der Waals surface area contributed by atoms with Crippen LogP contribution in [0.4, 0.5) is 0 Å². The van der Waals surface area contributed by atoms with E-state index < -0.39 is 5.97 Å². The van der Waals surface area contributed by atoms with Crippen LogP contribution in [0.15, 0.2) is 0 Å². The van der Waals surface area contributed by atoms with Gasteiger partial charge in [0.15, 0.2) is 0 Å². The van der Waals surface area contributed by atoms with Gasteiger partial charge in [0, 0.05) is 17.2 Å². The van der Waals surface area contributed by atoms with Gasteiger partial charge in [-0.3, -0.25) is 4.79 Å². The Hall–Kier alpha value is 0.0500. The van der Waals surface area contributed by atoms with Crippen LogP contribution in [0.3, 0.4) is 0 Å². The molecule has 0 heterocycles.